The van der Waals surface area contributed by atoms with E-state index in [1.54, 1.807) is 42.5 Å². The zero-order valence-corrected chi connectivity index (χ0v) is 15.0. The van der Waals surface area contributed by atoms with Crippen LogP contribution in [0.1, 0.15) is 16.7 Å². The Morgan fingerprint density at radius 3 is 2.43 bits per heavy atom. The van der Waals surface area contributed by atoms with E-state index in [-0.39, 0.29) is 34.1 Å². The standard InChI is InChI=1S/C20H12ClFN4O2/c21-16-3-1-2-12(18(16)22)10-28-13-6-4-11(5-7-13)17-14(8-23)19(25)26-20(27)15(17)9-24/h1-7H,10H2,(H3,25,26,27). The quantitative estimate of drug-likeness (QED) is 0.699. The van der Waals surface area contributed by atoms with Crippen LogP contribution in [0, 0.1) is 28.5 Å². The van der Waals surface area contributed by atoms with Gasteiger partial charge in [-0.1, -0.05) is 35.9 Å². The second-order valence-corrected chi connectivity index (χ2v) is 6.15. The molecule has 1 heterocycles. The first-order valence-electron chi connectivity index (χ1n) is 7.98. The number of ether oxygens (including phenoxy) is 1. The summed E-state index contributed by atoms with van der Waals surface area (Å²) < 4.78 is 19.5. The van der Waals surface area contributed by atoms with Crippen molar-refractivity contribution in [1.82, 2.24) is 4.98 Å². The van der Waals surface area contributed by atoms with E-state index in [1.165, 1.54) is 6.07 Å². The lowest BCUT2D eigenvalue weighted by molar-refractivity contribution is 0.300. The molecule has 0 saturated carbocycles. The molecular formula is C20H12ClFN4O2. The summed E-state index contributed by atoms with van der Waals surface area (Å²) in [6.07, 6.45) is 0. The smallest absolute Gasteiger partial charge is 0.268 e. The first-order valence-corrected chi connectivity index (χ1v) is 8.36. The Morgan fingerprint density at radius 2 is 1.79 bits per heavy atom. The predicted octanol–water partition coefficient (Wildman–Crippen LogP) is 3.74. The van der Waals surface area contributed by atoms with Crippen molar-refractivity contribution in [1.29, 1.82) is 10.5 Å². The van der Waals surface area contributed by atoms with Crippen molar-refractivity contribution in [2.45, 2.75) is 6.61 Å². The normalized spacial score (nSPS) is 10.1. The van der Waals surface area contributed by atoms with Crippen LogP contribution in [0.3, 0.4) is 0 Å². The zero-order chi connectivity index (χ0) is 20.3. The number of nitrogen functional groups attached to an aromatic ring is 1. The molecule has 8 heteroatoms. The number of halogens is 2. The maximum atomic E-state index is 13.9. The van der Waals surface area contributed by atoms with Gasteiger partial charge < -0.3 is 15.5 Å². The van der Waals surface area contributed by atoms with E-state index in [2.05, 4.69) is 4.98 Å². The summed E-state index contributed by atoms with van der Waals surface area (Å²) in [7, 11) is 0. The molecule has 0 radical (unpaired) electrons. The van der Waals surface area contributed by atoms with Crippen molar-refractivity contribution in [2.24, 2.45) is 0 Å². The Labute approximate surface area is 164 Å². The van der Waals surface area contributed by atoms with E-state index in [0.29, 0.717) is 16.9 Å². The van der Waals surface area contributed by atoms with Crippen LogP contribution >= 0.6 is 11.6 Å². The number of benzene rings is 2. The molecule has 0 atom stereocenters. The monoisotopic (exact) mass is 394 g/mol. The van der Waals surface area contributed by atoms with Gasteiger partial charge in [-0.2, -0.15) is 10.5 Å². The molecule has 28 heavy (non-hydrogen) atoms. The van der Waals surface area contributed by atoms with E-state index in [9.17, 15) is 19.7 Å². The first kappa shape index (κ1) is 19.0. The number of aromatic amines is 1. The van der Waals surface area contributed by atoms with Crippen molar-refractivity contribution in [3.63, 3.8) is 0 Å². The molecule has 2 aromatic carbocycles. The predicted molar refractivity (Wildman–Crippen MR) is 102 cm³/mol. The van der Waals surface area contributed by atoms with Crippen LogP contribution in [0.15, 0.2) is 47.3 Å². The first-order chi connectivity index (χ1) is 13.5. The van der Waals surface area contributed by atoms with Crippen LogP contribution in [-0.2, 0) is 6.61 Å². The summed E-state index contributed by atoms with van der Waals surface area (Å²) in [5.41, 5.74) is 5.73. The number of nitrogens with two attached hydrogens (primary N) is 1. The Kier molecular flexibility index (Phi) is 5.30. The van der Waals surface area contributed by atoms with Crippen LogP contribution in [0.5, 0.6) is 5.75 Å². The lowest BCUT2D eigenvalue weighted by Crippen LogP contribution is -2.16. The Balaban J connectivity index is 1.92. The minimum absolute atomic E-state index is 0.00539. The largest absolute Gasteiger partial charge is 0.489 e. The molecule has 3 aromatic rings. The molecule has 0 aliphatic carbocycles. The molecule has 138 valence electrons. The number of pyridine rings is 1. The van der Waals surface area contributed by atoms with Gasteiger partial charge in [0.15, 0.2) is 0 Å². The highest BCUT2D eigenvalue weighted by molar-refractivity contribution is 6.30. The number of aromatic nitrogens is 1. The molecule has 0 fully saturated rings. The SMILES string of the molecule is N#Cc1c(N)[nH]c(=O)c(C#N)c1-c1ccc(OCc2cccc(Cl)c2F)cc1. The van der Waals surface area contributed by atoms with Gasteiger partial charge in [-0.05, 0) is 23.8 Å². The Bertz CT molecular complexity index is 1190. The summed E-state index contributed by atoms with van der Waals surface area (Å²) in [5, 5.41) is 18.7. The van der Waals surface area contributed by atoms with Crippen LogP contribution in [0.2, 0.25) is 5.02 Å². The lowest BCUT2D eigenvalue weighted by Gasteiger charge is -2.11. The van der Waals surface area contributed by atoms with Crippen molar-refractivity contribution in [3.05, 3.63) is 80.3 Å². The lowest BCUT2D eigenvalue weighted by atomic mass is 9.96. The van der Waals surface area contributed by atoms with Crippen LogP contribution in [-0.4, -0.2) is 4.98 Å². The molecule has 6 nitrogen and oxygen atoms in total. The molecule has 1 aromatic heterocycles. The third-order valence-electron chi connectivity index (χ3n) is 4.04. The fourth-order valence-electron chi connectivity index (χ4n) is 2.67. The summed E-state index contributed by atoms with van der Waals surface area (Å²) in [6, 6.07) is 14.7. The van der Waals surface area contributed by atoms with E-state index in [1.807, 2.05) is 6.07 Å². The number of nitrogens with one attached hydrogen (secondary N) is 1. The van der Waals surface area contributed by atoms with Gasteiger partial charge in [-0.3, -0.25) is 4.79 Å². The number of nitrogens with zero attached hydrogens (tertiary/aromatic N) is 2. The van der Waals surface area contributed by atoms with Crippen molar-refractivity contribution in [2.75, 3.05) is 5.73 Å². The zero-order valence-electron chi connectivity index (χ0n) is 14.3. The minimum Gasteiger partial charge on any atom is -0.489 e. The van der Waals surface area contributed by atoms with Crippen LogP contribution in [0.25, 0.3) is 11.1 Å². The van der Waals surface area contributed by atoms with Gasteiger partial charge in [0.25, 0.3) is 5.56 Å². The van der Waals surface area contributed by atoms with Gasteiger partial charge in [0, 0.05) is 11.1 Å². The summed E-state index contributed by atoms with van der Waals surface area (Å²) in [4.78, 5) is 14.3. The molecule has 0 amide bonds. The van der Waals surface area contributed by atoms with Gasteiger partial charge in [-0.25, -0.2) is 4.39 Å². The van der Waals surface area contributed by atoms with E-state index < -0.39 is 11.4 Å². The molecule has 0 spiro atoms. The van der Waals surface area contributed by atoms with E-state index in [0.717, 1.165) is 0 Å². The number of H-pyrrole nitrogens is 1. The Hall–Kier alpha value is -3.81. The number of rotatable bonds is 4. The topological polar surface area (TPSA) is 116 Å². The molecule has 0 saturated heterocycles. The van der Waals surface area contributed by atoms with Gasteiger partial charge in [0.1, 0.15) is 47.3 Å². The highest BCUT2D eigenvalue weighted by Gasteiger charge is 2.18. The molecule has 0 aliphatic rings. The van der Waals surface area contributed by atoms with Crippen molar-refractivity contribution < 1.29 is 9.13 Å². The van der Waals surface area contributed by atoms with Crippen molar-refractivity contribution in [3.8, 4) is 29.0 Å². The van der Waals surface area contributed by atoms with Gasteiger partial charge in [-0.15, -0.1) is 0 Å². The third kappa shape index (κ3) is 3.52. The van der Waals surface area contributed by atoms with E-state index >= 15 is 0 Å². The second-order valence-electron chi connectivity index (χ2n) is 5.74. The number of hydrogen-bond donors (Lipinski definition) is 2. The molecule has 3 N–H and O–H groups in total. The average Bonchev–Trinajstić information content (AvgIpc) is 2.69. The summed E-state index contributed by atoms with van der Waals surface area (Å²) >= 11 is 5.75. The fourth-order valence-corrected chi connectivity index (χ4v) is 2.86. The maximum Gasteiger partial charge on any atom is 0.268 e. The minimum atomic E-state index is -0.675. The number of anilines is 1. The fraction of sp³-hybridized carbons (Fsp3) is 0.0500. The maximum absolute atomic E-state index is 13.9. The summed E-state index contributed by atoms with van der Waals surface area (Å²) in [6.45, 7) is -0.0312. The van der Waals surface area contributed by atoms with Crippen LogP contribution in [0.4, 0.5) is 10.2 Å². The molecule has 0 aliphatic heterocycles. The van der Waals surface area contributed by atoms with E-state index in [4.69, 9.17) is 22.1 Å². The second kappa shape index (κ2) is 7.83. The highest BCUT2D eigenvalue weighted by Crippen LogP contribution is 2.29. The number of nitriles is 2. The molecular weight excluding hydrogens is 383 g/mol. The van der Waals surface area contributed by atoms with Gasteiger partial charge in [0.2, 0.25) is 0 Å². The average molecular weight is 395 g/mol. The number of hydrogen-bond acceptors (Lipinski definition) is 5. The summed E-state index contributed by atoms with van der Waals surface area (Å²) in [5.74, 6) is -0.228. The van der Waals surface area contributed by atoms with Crippen molar-refractivity contribution >= 4 is 17.4 Å². The molecule has 0 bridgehead atoms. The van der Waals surface area contributed by atoms with Gasteiger partial charge in [0.05, 0.1) is 5.02 Å². The molecule has 0 unspecified atom stereocenters. The Morgan fingerprint density at radius 1 is 1.11 bits per heavy atom. The van der Waals surface area contributed by atoms with Crippen LogP contribution < -0.4 is 16.0 Å². The third-order valence-corrected chi connectivity index (χ3v) is 4.33. The highest BCUT2D eigenvalue weighted by atomic mass is 35.5. The molecule has 3 rings (SSSR count). The van der Waals surface area contributed by atoms with Gasteiger partial charge >= 0.3 is 0 Å².